The third-order valence-electron chi connectivity index (χ3n) is 11.3. The molecule has 0 saturated heterocycles. The Morgan fingerprint density at radius 2 is 0.710 bits per heavy atom. The molecule has 1 heterocycles. The Bertz CT molecular complexity index is 2190. The minimum atomic E-state index is -4.12. The van der Waals surface area contributed by atoms with Gasteiger partial charge < -0.3 is 9.47 Å². The number of hydrogen-bond acceptors (Lipinski definition) is 8. The highest BCUT2D eigenvalue weighted by Crippen LogP contribution is 2.36. The van der Waals surface area contributed by atoms with Gasteiger partial charge in [0.1, 0.15) is 0 Å². The predicted molar refractivity (Wildman–Crippen MR) is 256 cm³/mol. The first-order chi connectivity index (χ1) is 30.0. The fourth-order valence-electron chi connectivity index (χ4n) is 7.51. The molecule has 10 nitrogen and oxygen atoms in total. The molecular formula is C50H70N4O6S2. The molecule has 0 saturated carbocycles. The van der Waals surface area contributed by atoms with Gasteiger partial charge in [-0.3, -0.25) is 9.44 Å². The van der Waals surface area contributed by atoms with E-state index in [1.807, 2.05) is 26.0 Å². The standard InChI is InChI=1S/C50H70N4O6S2/c1-5-7-9-11-13-15-17-19-21-23-33-59-49-37-45-46(38-50(49)60-34-24-22-20-18-16-14-12-10-8-6-2)52-44-36-48(54-62(57,58)42-31-27-40(4)28-32-42)47(35-43(44)51-45)53-61(55,56)41-29-25-39(3)26-30-41/h25-32,35-38,53-54H,5-24,33-34H2,1-4H3. The Kier molecular flexibility index (Phi) is 19.6. The Morgan fingerprint density at radius 1 is 0.419 bits per heavy atom. The van der Waals surface area contributed by atoms with E-state index in [-0.39, 0.29) is 21.2 Å². The number of aryl methyl sites for hydroxylation is 2. The van der Waals surface area contributed by atoms with Crippen molar-refractivity contribution in [3.63, 3.8) is 0 Å². The highest BCUT2D eigenvalue weighted by atomic mass is 32.2. The van der Waals surface area contributed by atoms with Gasteiger partial charge in [0.2, 0.25) is 0 Å². The monoisotopic (exact) mass is 886 g/mol. The number of rotatable bonds is 30. The van der Waals surface area contributed by atoms with E-state index in [0.717, 1.165) is 36.8 Å². The molecule has 4 aromatic carbocycles. The molecule has 62 heavy (non-hydrogen) atoms. The van der Waals surface area contributed by atoms with Gasteiger partial charge in [0.15, 0.2) is 11.5 Å². The van der Waals surface area contributed by atoms with Gasteiger partial charge >= 0.3 is 0 Å². The van der Waals surface area contributed by atoms with Crippen LogP contribution in [0.25, 0.3) is 22.1 Å². The Hall–Kier alpha value is -4.42. The minimum absolute atomic E-state index is 0.0105. The number of sulfonamides is 2. The SMILES string of the molecule is CCCCCCCCCCCCOc1cc2nc3cc(NS(=O)(=O)c4ccc(C)cc4)c(NS(=O)(=O)c4ccc(C)cc4)cc3nc2cc1OCCCCCCCCCCCC. The van der Waals surface area contributed by atoms with Crippen LogP contribution in [0.2, 0.25) is 0 Å². The first kappa shape index (κ1) is 48.6. The van der Waals surface area contributed by atoms with Crippen LogP contribution in [0.5, 0.6) is 11.5 Å². The average molecular weight is 887 g/mol. The van der Waals surface area contributed by atoms with E-state index in [0.29, 0.717) is 46.8 Å². The maximum atomic E-state index is 13.7. The summed E-state index contributed by atoms with van der Waals surface area (Å²) in [6.45, 7) is 9.34. The number of aromatic nitrogens is 2. The van der Waals surface area contributed by atoms with Gasteiger partial charge in [-0.2, -0.15) is 0 Å². The van der Waals surface area contributed by atoms with Crippen LogP contribution in [0, 0.1) is 13.8 Å². The molecule has 0 aliphatic carbocycles. The third-order valence-corrected chi connectivity index (χ3v) is 14.1. The van der Waals surface area contributed by atoms with E-state index >= 15 is 0 Å². The number of unbranched alkanes of at least 4 members (excludes halogenated alkanes) is 18. The predicted octanol–water partition coefficient (Wildman–Crippen LogP) is 13.6. The smallest absolute Gasteiger partial charge is 0.261 e. The molecule has 0 radical (unpaired) electrons. The largest absolute Gasteiger partial charge is 0.490 e. The van der Waals surface area contributed by atoms with Gasteiger partial charge in [-0.15, -0.1) is 0 Å². The molecule has 0 aliphatic heterocycles. The van der Waals surface area contributed by atoms with Crippen LogP contribution in [-0.4, -0.2) is 40.0 Å². The molecule has 0 bridgehead atoms. The molecular weight excluding hydrogens is 817 g/mol. The van der Waals surface area contributed by atoms with Crippen LogP contribution in [0.4, 0.5) is 11.4 Å². The number of ether oxygens (including phenoxy) is 2. The topological polar surface area (TPSA) is 137 Å². The second-order valence-electron chi connectivity index (χ2n) is 16.8. The number of benzene rings is 4. The second-order valence-corrected chi connectivity index (χ2v) is 20.2. The van der Waals surface area contributed by atoms with Crippen LogP contribution < -0.4 is 18.9 Å². The zero-order valence-corrected chi connectivity index (χ0v) is 39.3. The first-order valence-electron chi connectivity index (χ1n) is 23.2. The number of nitrogens with one attached hydrogen (secondary N) is 2. The Balaban J connectivity index is 1.38. The van der Waals surface area contributed by atoms with Crippen molar-refractivity contribution >= 4 is 53.5 Å². The van der Waals surface area contributed by atoms with Gasteiger partial charge in [-0.25, -0.2) is 26.8 Å². The lowest BCUT2D eigenvalue weighted by Gasteiger charge is -2.17. The summed E-state index contributed by atoms with van der Waals surface area (Å²) < 4.78 is 72.7. The van der Waals surface area contributed by atoms with Crippen molar-refractivity contribution in [3.8, 4) is 11.5 Å². The molecule has 2 N–H and O–H groups in total. The lowest BCUT2D eigenvalue weighted by atomic mass is 10.1. The summed E-state index contributed by atoms with van der Waals surface area (Å²) in [6, 6.07) is 19.6. The molecule has 1 aromatic heterocycles. The molecule has 0 spiro atoms. The molecule has 0 atom stereocenters. The zero-order valence-electron chi connectivity index (χ0n) is 37.6. The summed E-state index contributed by atoms with van der Waals surface area (Å²) >= 11 is 0. The fourth-order valence-corrected chi connectivity index (χ4v) is 9.65. The van der Waals surface area contributed by atoms with Crippen LogP contribution >= 0.6 is 0 Å². The van der Waals surface area contributed by atoms with Crippen molar-refractivity contribution in [2.24, 2.45) is 0 Å². The summed E-state index contributed by atoms with van der Waals surface area (Å²) in [5, 5.41) is 0. The quantitative estimate of drug-likeness (QED) is 0.0344. The van der Waals surface area contributed by atoms with Gasteiger partial charge in [-0.1, -0.05) is 165 Å². The van der Waals surface area contributed by atoms with E-state index < -0.39 is 20.0 Å². The van der Waals surface area contributed by atoms with Gasteiger partial charge in [-0.05, 0) is 63.1 Å². The van der Waals surface area contributed by atoms with Crippen LogP contribution in [0.15, 0.2) is 82.6 Å². The van der Waals surface area contributed by atoms with E-state index in [2.05, 4.69) is 23.3 Å². The summed E-state index contributed by atoms with van der Waals surface area (Å²) in [7, 11) is -8.24. The molecule has 5 aromatic rings. The van der Waals surface area contributed by atoms with E-state index in [1.54, 1.807) is 24.3 Å². The highest BCUT2D eigenvalue weighted by molar-refractivity contribution is 7.93. The van der Waals surface area contributed by atoms with Crippen LogP contribution in [0.3, 0.4) is 0 Å². The molecule has 0 unspecified atom stereocenters. The zero-order chi connectivity index (χ0) is 44.2. The lowest BCUT2D eigenvalue weighted by Crippen LogP contribution is -2.18. The van der Waals surface area contributed by atoms with Gasteiger partial charge in [0.05, 0.1) is 56.4 Å². The lowest BCUT2D eigenvalue weighted by molar-refractivity contribution is 0.259. The molecule has 12 heteroatoms. The molecule has 5 rings (SSSR count). The van der Waals surface area contributed by atoms with Crippen molar-refractivity contribution < 1.29 is 26.3 Å². The normalized spacial score (nSPS) is 11.9. The maximum absolute atomic E-state index is 13.7. The van der Waals surface area contributed by atoms with Gasteiger partial charge in [0.25, 0.3) is 20.0 Å². The molecule has 0 fully saturated rings. The van der Waals surface area contributed by atoms with Gasteiger partial charge in [0, 0.05) is 12.1 Å². The number of hydrogen-bond donors (Lipinski definition) is 2. The Morgan fingerprint density at radius 3 is 1.03 bits per heavy atom. The van der Waals surface area contributed by atoms with Crippen LogP contribution in [-0.2, 0) is 20.0 Å². The third kappa shape index (κ3) is 15.4. The molecule has 0 amide bonds. The second kappa shape index (κ2) is 25.0. The van der Waals surface area contributed by atoms with Crippen molar-refractivity contribution in [1.82, 2.24) is 9.97 Å². The average Bonchev–Trinajstić information content (AvgIpc) is 3.24. The Labute approximate surface area is 372 Å². The number of fused-ring (bicyclic) bond motifs is 2. The summed E-state index contributed by atoms with van der Waals surface area (Å²) in [5.41, 5.74) is 3.66. The molecule has 338 valence electrons. The van der Waals surface area contributed by atoms with E-state index in [4.69, 9.17) is 19.4 Å². The summed E-state index contributed by atoms with van der Waals surface area (Å²) in [6.07, 6.45) is 24.7. The highest BCUT2D eigenvalue weighted by Gasteiger charge is 2.22. The van der Waals surface area contributed by atoms with Crippen molar-refractivity contribution in [2.45, 2.75) is 166 Å². The summed E-state index contributed by atoms with van der Waals surface area (Å²) in [4.78, 5) is 9.91. The number of nitrogens with zero attached hydrogens (tertiary/aromatic N) is 2. The first-order valence-corrected chi connectivity index (χ1v) is 26.2. The van der Waals surface area contributed by atoms with E-state index in [1.165, 1.54) is 139 Å². The van der Waals surface area contributed by atoms with E-state index in [9.17, 15) is 16.8 Å². The van der Waals surface area contributed by atoms with Crippen molar-refractivity contribution in [3.05, 3.63) is 83.9 Å². The molecule has 0 aliphatic rings. The van der Waals surface area contributed by atoms with Crippen molar-refractivity contribution in [2.75, 3.05) is 22.7 Å². The van der Waals surface area contributed by atoms with Crippen LogP contribution in [0.1, 0.15) is 153 Å². The minimum Gasteiger partial charge on any atom is -0.490 e. The summed E-state index contributed by atoms with van der Waals surface area (Å²) in [5.74, 6) is 1.19. The maximum Gasteiger partial charge on any atom is 0.261 e. The van der Waals surface area contributed by atoms with Crippen molar-refractivity contribution in [1.29, 1.82) is 0 Å². The number of anilines is 2. The fraction of sp³-hybridized carbons (Fsp3) is 0.520.